The van der Waals surface area contributed by atoms with Crippen LogP contribution in [0.3, 0.4) is 0 Å². The van der Waals surface area contributed by atoms with Gasteiger partial charge >= 0.3 is 0 Å². The van der Waals surface area contributed by atoms with Crippen molar-refractivity contribution in [3.63, 3.8) is 0 Å². The van der Waals surface area contributed by atoms with Gasteiger partial charge in [0.2, 0.25) is 10.0 Å². The van der Waals surface area contributed by atoms with E-state index < -0.39 is 10.0 Å². The lowest BCUT2D eigenvalue weighted by Crippen LogP contribution is -2.29. The lowest BCUT2D eigenvalue weighted by atomic mass is 10.2. The Bertz CT molecular complexity index is 780. The van der Waals surface area contributed by atoms with Gasteiger partial charge in [0.25, 0.3) is 0 Å². The van der Waals surface area contributed by atoms with Gasteiger partial charge in [0.15, 0.2) is 0 Å². The molecule has 2 aromatic rings. The van der Waals surface area contributed by atoms with Crippen LogP contribution in [-0.2, 0) is 16.6 Å². The average molecular weight is 321 g/mol. The molecular weight excluding hydrogens is 308 g/mol. The van der Waals surface area contributed by atoms with E-state index in [0.717, 1.165) is 6.26 Å². The van der Waals surface area contributed by atoms with E-state index in [1.54, 1.807) is 48.5 Å². The Morgan fingerprint density at radius 2 is 1.76 bits per heavy atom. The van der Waals surface area contributed by atoms with Gasteiger partial charge < -0.3 is 0 Å². The van der Waals surface area contributed by atoms with Crippen LogP contribution in [0, 0.1) is 11.3 Å². The maximum absolute atomic E-state index is 12.0. The normalized spacial score (nSPS) is 10.9. The summed E-state index contributed by atoms with van der Waals surface area (Å²) in [6.45, 7) is 0.143. The number of hydrogen-bond donors (Lipinski definition) is 0. The molecule has 0 aliphatic rings. The quantitative estimate of drug-likeness (QED) is 0.869. The highest BCUT2D eigenvalue weighted by molar-refractivity contribution is 7.92. The largest absolute Gasteiger partial charge is 0.266 e. The fraction of sp³-hybridized carbons (Fsp3) is 0.133. The highest BCUT2D eigenvalue weighted by Crippen LogP contribution is 2.24. The molecule has 0 aliphatic carbocycles. The SMILES string of the molecule is CS(=O)(=O)N(Cc1ccccc1Cl)c1ccc(C#N)cc1. The topological polar surface area (TPSA) is 61.2 Å². The lowest BCUT2D eigenvalue weighted by Gasteiger charge is -2.23. The van der Waals surface area contributed by atoms with Gasteiger partial charge in [0, 0.05) is 5.02 Å². The minimum atomic E-state index is -3.46. The van der Waals surface area contributed by atoms with Crippen molar-refractivity contribution < 1.29 is 8.42 Å². The van der Waals surface area contributed by atoms with Crippen molar-refractivity contribution >= 4 is 27.3 Å². The van der Waals surface area contributed by atoms with Crippen LogP contribution in [0.25, 0.3) is 0 Å². The van der Waals surface area contributed by atoms with Crippen LogP contribution >= 0.6 is 11.6 Å². The minimum absolute atomic E-state index is 0.143. The minimum Gasteiger partial charge on any atom is -0.266 e. The van der Waals surface area contributed by atoms with Gasteiger partial charge in [-0.3, -0.25) is 4.31 Å². The average Bonchev–Trinajstić information content (AvgIpc) is 2.45. The van der Waals surface area contributed by atoms with Gasteiger partial charge in [0.1, 0.15) is 0 Å². The zero-order valence-corrected chi connectivity index (χ0v) is 12.9. The fourth-order valence-electron chi connectivity index (χ4n) is 1.88. The molecule has 0 atom stereocenters. The number of hydrogen-bond acceptors (Lipinski definition) is 3. The van der Waals surface area contributed by atoms with E-state index in [0.29, 0.717) is 21.8 Å². The summed E-state index contributed by atoms with van der Waals surface area (Å²) in [4.78, 5) is 0. The predicted molar refractivity (Wildman–Crippen MR) is 83.6 cm³/mol. The molecule has 0 unspecified atom stereocenters. The predicted octanol–water partition coefficient (Wildman–Crippen LogP) is 3.18. The number of sulfonamides is 1. The van der Waals surface area contributed by atoms with Crippen molar-refractivity contribution in [1.82, 2.24) is 0 Å². The second-order valence-corrected chi connectivity index (χ2v) is 6.83. The van der Waals surface area contributed by atoms with Crippen LogP contribution < -0.4 is 4.31 Å². The highest BCUT2D eigenvalue weighted by atomic mass is 35.5. The van der Waals surface area contributed by atoms with E-state index in [1.165, 1.54) is 4.31 Å². The second-order valence-electron chi connectivity index (χ2n) is 4.52. The van der Waals surface area contributed by atoms with E-state index in [-0.39, 0.29) is 6.54 Å². The van der Waals surface area contributed by atoms with Crippen molar-refractivity contribution in [2.24, 2.45) is 0 Å². The summed E-state index contributed by atoms with van der Waals surface area (Å²) in [6, 6.07) is 15.5. The molecule has 0 N–H and O–H groups in total. The molecule has 2 rings (SSSR count). The summed E-state index contributed by atoms with van der Waals surface area (Å²) in [7, 11) is -3.46. The third-order valence-electron chi connectivity index (χ3n) is 2.96. The molecule has 0 bridgehead atoms. The first-order valence-corrected chi connectivity index (χ1v) is 8.36. The zero-order chi connectivity index (χ0) is 15.5. The number of anilines is 1. The first-order valence-electron chi connectivity index (χ1n) is 6.13. The van der Waals surface area contributed by atoms with E-state index in [4.69, 9.17) is 16.9 Å². The van der Waals surface area contributed by atoms with Gasteiger partial charge in [0.05, 0.1) is 30.1 Å². The summed E-state index contributed by atoms with van der Waals surface area (Å²) in [6.07, 6.45) is 1.14. The van der Waals surface area contributed by atoms with E-state index in [1.807, 2.05) is 6.07 Å². The molecule has 0 saturated carbocycles. The molecule has 0 aliphatic heterocycles. The molecule has 0 heterocycles. The number of nitriles is 1. The van der Waals surface area contributed by atoms with Gasteiger partial charge in [-0.1, -0.05) is 29.8 Å². The lowest BCUT2D eigenvalue weighted by molar-refractivity contribution is 0.596. The number of benzene rings is 2. The molecule has 21 heavy (non-hydrogen) atoms. The molecule has 0 aromatic heterocycles. The van der Waals surface area contributed by atoms with Gasteiger partial charge in [-0.05, 0) is 35.9 Å². The molecule has 0 saturated heterocycles. The Balaban J connectivity index is 2.40. The maximum Gasteiger partial charge on any atom is 0.232 e. The molecule has 4 nitrogen and oxygen atoms in total. The van der Waals surface area contributed by atoms with E-state index in [9.17, 15) is 8.42 Å². The molecule has 6 heteroatoms. The van der Waals surface area contributed by atoms with E-state index >= 15 is 0 Å². The Hall–Kier alpha value is -2.03. The molecule has 2 aromatic carbocycles. The maximum atomic E-state index is 12.0. The Morgan fingerprint density at radius 3 is 2.29 bits per heavy atom. The highest BCUT2D eigenvalue weighted by Gasteiger charge is 2.18. The molecule has 0 fully saturated rings. The van der Waals surface area contributed by atoms with Crippen molar-refractivity contribution in [3.8, 4) is 6.07 Å². The van der Waals surface area contributed by atoms with Crippen molar-refractivity contribution in [1.29, 1.82) is 5.26 Å². The third kappa shape index (κ3) is 3.75. The summed E-state index contributed by atoms with van der Waals surface area (Å²) < 4.78 is 25.3. The summed E-state index contributed by atoms with van der Waals surface area (Å²) in [5.41, 5.74) is 1.69. The third-order valence-corrected chi connectivity index (χ3v) is 4.47. The van der Waals surface area contributed by atoms with Crippen LogP contribution in [-0.4, -0.2) is 14.7 Å². The first kappa shape index (κ1) is 15.4. The monoisotopic (exact) mass is 320 g/mol. The smallest absolute Gasteiger partial charge is 0.232 e. The summed E-state index contributed by atoms with van der Waals surface area (Å²) in [5.74, 6) is 0. The van der Waals surface area contributed by atoms with Crippen LogP contribution in [0.4, 0.5) is 5.69 Å². The Labute approximate surface area is 129 Å². The van der Waals surface area contributed by atoms with Crippen molar-refractivity contribution in [3.05, 3.63) is 64.7 Å². The number of halogens is 1. The fourth-order valence-corrected chi connectivity index (χ4v) is 2.96. The van der Waals surface area contributed by atoms with Crippen LogP contribution in [0.5, 0.6) is 0 Å². The summed E-state index contributed by atoms with van der Waals surface area (Å²) in [5, 5.41) is 9.31. The molecule has 0 amide bonds. The molecule has 0 radical (unpaired) electrons. The zero-order valence-electron chi connectivity index (χ0n) is 11.3. The number of rotatable bonds is 4. The molecule has 0 spiro atoms. The standard InChI is InChI=1S/C15H13ClN2O2S/c1-21(19,20)18(11-13-4-2-3-5-15(13)16)14-8-6-12(10-17)7-9-14/h2-9H,11H2,1H3. The molecular formula is C15H13ClN2O2S. The van der Waals surface area contributed by atoms with Crippen LogP contribution in [0.15, 0.2) is 48.5 Å². The summed E-state index contributed by atoms with van der Waals surface area (Å²) >= 11 is 6.09. The van der Waals surface area contributed by atoms with E-state index in [2.05, 4.69) is 0 Å². The Morgan fingerprint density at radius 1 is 1.14 bits per heavy atom. The van der Waals surface area contributed by atoms with Gasteiger partial charge in [-0.15, -0.1) is 0 Å². The van der Waals surface area contributed by atoms with Crippen molar-refractivity contribution in [2.75, 3.05) is 10.6 Å². The second kappa shape index (κ2) is 6.17. The van der Waals surface area contributed by atoms with Crippen LogP contribution in [0.1, 0.15) is 11.1 Å². The van der Waals surface area contributed by atoms with Crippen LogP contribution in [0.2, 0.25) is 5.02 Å². The van der Waals surface area contributed by atoms with Gasteiger partial charge in [-0.2, -0.15) is 5.26 Å². The Kier molecular flexibility index (Phi) is 4.51. The van der Waals surface area contributed by atoms with Gasteiger partial charge in [-0.25, -0.2) is 8.42 Å². The molecule has 108 valence electrons. The first-order chi connectivity index (χ1) is 9.91. The van der Waals surface area contributed by atoms with Crippen molar-refractivity contribution in [2.45, 2.75) is 6.54 Å². The number of nitrogens with zero attached hydrogens (tertiary/aromatic N) is 2.